The molecule has 2 aromatic rings. The minimum atomic E-state index is -1.14. The molecule has 0 bridgehead atoms. The Balaban J connectivity index is 2.48. The van der Waals surface area contributed by atoms with Gasteiger partial charge in [-0.3, -0.25) is 14.4 Å². The number of hydrogen-bond acceptors (Lipinski definition) is 5. The predicted octanol–water partition coefficient (Wildman–Crippen LogP) is 3.81. The number of amides is 4. The molecule has 2 atom stereocenters. The summed E-state index contributed by atoms with van der Waals surface area (Å²) in [5.41, 5.74) is 6.64. The van der Waals surface area contributed by atoms with Crippen LogP contribution in [0.5, 0.6) is 0 Å². The van der Waals surface area contributed by atoms with E-state index >= 15 is 0 Å². The Hall–Kier alpha value is -4.32. The SMILES string of the molecule is C#Cc1ccc(C(C(=O)NCc2ccccc2)N(CCCC)C(=O)C(CCC(N)=O)NC(=O)OC(C)(C)C)cc1. The smallest absolute Gasteiger partial charge is 0.408 e. The van der Waals surface area contributed by atoms with E-state index in [1.807, 2.05) is 37.3 Å². The average Bonchev–Trinajstić information content (AvgIpc) is 2.91. The maximum absolute atomic E-state index is 14.1. The van der Waals surface area contributed by atoms with Gasteiger partial charge in [0.15, 0.2) is 0 Å². The van der Waals surface area contributed by atoms with Gasteiger partial charge >= 0.3 is 6.09 Å². The van der Waals surface area contributed by atoms with Gasteiger partial charge < -0.3 is 26.0 Å². The van der Waals surface area contributed by atoms with Crippen LogP contribution >= 0.6 is 0 Å². The van der Waals surface area contributed by atoms with Gasteiger partial charge in [-0.15, -0.1) is 6.42 Å². The van der Waals surface area contributed by atoms with Gasteiger partial charge in [0.1, 0.15) is 17.7 Å². The average molecular weight is 549 g/mol. The Bertz CT molecular complexity index is 1180. The Morgan fingerprint density at radius 3 is 2.25 bits per heavy atom. The van der Waals surface area contributed by atoms with Crippen LogP contribution in [-0.2, 0) is 25.7 Å². The van der Waals surface area contributed by atoms with Crippen molar-refractivity contribution in [3.05, 3.63) is 71.3 Å². The number of carbonyl (C=O) groups excluding carboxylic acids is 4. The maximum atomic E-state index is 14.1. The number of benzene rings is 2. The number of nitrogens with one attached hydrogen (secondary N) is 2. The number of primary amides is 1. The second kappa shape index (κ2) is 15.3. The van der Waals surface area contributed by atoms with E-state index in [1.165, 1.54) is 4.90 Å². The van der Waals surface area contributed by atoms with Crippen molar-refractivity contribution in [2.24, 2.45) is 5.73 Å². The molecule has 0 aromatic heterocycles. The normalized spacial score (nSPS) is 12.4. The van der Waals surface area contributed by atoms with Crippen LogP contribution in [-0.4, -0.2) is 46.9 Å². The van der Waals surface area contributed by atoms with Crippen molar-refractivity contribution in [2.45, 2.75) is 77.6 Å². The van der Waals surface area contributed by atoms with Crippen molar-refractivity contribution >= 4 is 23.8 Å². The van der Waals surface area contributed by atoms with Gasteiger partial charge in [-0.25, -0.2) is 4.79 Å². The van der Waals surface area contributed by atoms with Crippen LogP contribution < -0.4 is 16.4 Å². The highest BCUT2D eigenvalue weighted by atomic mass is 16.6. The predicted molar refractivity (Wildman–Crippen MR) is 154 cm³/mol. The fourth-order valence-electron chi connectivity index (χ4n) is 4.01. The highest BCUT2D eigenvalue weighted by molar-refractivity contribution is 5.92. The molecule has 214 valence electrons. The zero-order chi connectivity index (χ0) is 29.7. The largest absolute Gasteiger partial charge is 0.444 e. The lowest BCUT2D eigenvalue weighted by Crippen LogP contribution is -2.53. The summed E-state index contributed by atoms with van der Waals surface area (Å²) in [6.07, 6.45) is 5.88. The van der Waals surface area contributed by atoms with Crippen LogP contribution in [0.4, 0.5) is 4.79 Å². The third kappa shape index (κ3) is 10.4. The zero-order valence-electron chi connectivity index (χ0n) is 23.7. The number of hydrogen-bond donors (Lipinski definition) is 3. The molecule has 9 heteroatoms. The number of ether oxygens (including phenoxy) is 1. The first kappa shape index (κ1) is 31.9. The summed E-state index contributed by atoms with van der Waals surface area (Å²) in [7, 11) is 0. The molecule has 0 aliphatic rings. The van der Waals surface area contributed by atoms with Crippen molar-refractivity contribution in [1.82, 2.24) is 15.5 Å². The molecular weight excluding hydrogens is 508 g/mol. The molecule has 4 amide bonds. The number of nitrogens with two attached hydrogens (primary N) is 1. The van der Waals surface area contributed by atoms with E-state index in [2.05, 4.69) is 16.6 Å². The van der Waals surface area contributed by atoms with E-state index < -0.39 is 41.5 Å². The molecule has 0 spiro atoms. The first-order chi connectivity index (χ1) is 18.9. The summed E-state index contributed by atoms with van der Waals surface area (Å²) in [4.78, 5) is 53.5. The van der Waals surface area contributed by atoms with E-state index in [4.69, 9.17) is 16.9 Å². The molecule has 2 unspecified atom stereocenters. The lowest BCUT2D eigenvalue weighted by atomic mass is 9.99. The molecule has 2 aromatic carbocycles. The Morgan fingerprint density at radius 1 is 1.05 bits per heavy atom. The monoisotopic (exact) mass is 548 g/mol. The third-order valence-electron chi connectivity index (χ3n) is 5.97. The van der Waals surface area contributed by atoms with Crippen LogP contribution in [0.2, 0.25) is 0 Å². The van der Waals surface area contributed by atoms with Gasteiger partial charge in [-0.05, 0) is 56.9 Å². The Labute approximate surface area is 236 Å². The molecule has 2 rings (SSSR count). The van der Waals surface area contributed by atoms with Crippen LogP contribution in [0.3, 0.4) is 0 Å². The first-order valence-corrected chi connectivity index (χ1v) is 13.4. The van der Waals surface area contributed by atoms with Crippen LogP contribution in [0, 0.1) is 12.3 Å². The molecule has 0 radical (unpaired) electrons. The third-order valence-corrected chi connectivity index (χ3v) is 5.97. The van der Waals surface area contributed by atoms with E-state index in [9.17, 15) is 19.2 Å². The molecule has 40 heavy (non-hydrogen) atoms. The number of rotatable bonds is 13. The van der Waals surface area contributed by atoms with Gasteiger partial charge in [-0.2, -0.15) is 0 Å². The topological polar surface area (TPSA) is 131 Å². The summed E-state index contributed by atoms with van der Waals surface area (Å²) in [6.45, 7) is 7.57. The molecule has 0 saturated carbocycles. The summed E-state index contributed by atoms with van der Waals surface area (Å²) in [5, 5.41) is 5.53. The summed E-state index contributed by atoms with van der Waals surface area (Å²) in [6, 6.07) is 14.1. The highest BCUT2D eigenvalue weighted by Gasteiger charge is 2.36. The quantitative estimate of drug-likeness (QED) is 0.328. The minimum absolute atomic E-state index is 0.0512. The minimum Gasteiger partial charge on any atom is -0.444 e. The second-order valence-electron chi connectivity index (χ2n) is 10.5. The van der Waals surface area contributed by atoms with E-state index in [0.29, 0.717) is 17.5 Å². The lowest BCUT2D eigenvalue weighted by molar-refractivity contribution is -0.143. The molecule has 0 aliphatic carbocycles. The van der Waals surface area contributed by atoms with E-state index in [-0.39, 0.29) is 25.9 Å². The lowest BCUT2D eigenvalue weighted by Gasteiger charge is -2.34. The molecule has 0 aliphatic heterocycles. The fraction of sp³-hybridized carbons (Fsp3) is 0.419. The molecule has 4 N–H and O–H groups in total. The maximum Gasteiger partial charge on any atom is 0.408 e. The second-order valence-corrected chi connectivity index (χ2v) is 10.5. The van der Waals surface area contributed by atoms with Crippen molar-refractivity contribution in [3.63, 3.8) is 0 Å². The number of terminal acetylenes is 1. The number of unbranched alkanes of at least 4 members (excludes halogenated alkanes) is 1. The fourth-order valence-corrected chi connectivity index (χ4v) is 4.01. The first-order valence-electron chi connectivity index (χ1n) is 13.4. The van der Waals surface area contributed by atoms with Gasteiger partial charge in [0.05, 0.1) is 0 Å². The highest BCUT2D eigenvalue weighted by Crippen LogP contribution is 2.25. The standard InChI is InChI=1S/C31H40N4O5/c1-6-8-20-35(29(38)25(18-19-26(32)36)34-30(39)40-31(3,4)5)27(24-16-14-22(7-2)15-17-24)28(37)33-21-23-12-10-9-11-13-23/h2,9-17,25,27H,6,8,18-21H2,1,3-5H3,(H2,32,36)(H,33,37)(H,34,39). The molecule has 0 saturated heterocycles. The van der Waals surface area contributed by atoms with Crippen molar-refractivity contribution in [3.8, 4) is 12.3 Å². The summed E-state index contributed by atoms with van der Waals surface area (Å²) in [5.74, 6) is 1.01. The van der Waals surface area contributed by atoms with Crippen molar-refractivity contribution < 1.29 is 23.9 Å². The Kier molecular flexibility index (Phi) is 12.2. The number of nitrogens with zero attached hydrogens (tertiary/aromatic N) is 1. The van der Waals surface area contributed by atoms with E-state index in [1.54, 1.807) is 45.0 Å². The van der Waals surface area contributed by atoms with Crippen LogP contribution in [0.15, 0.2) is 54.6 Å². The van der Waals surface area contributed by atoms with Gasteiger partial charge in [-0.1, -0.05) is 61.7 Å². The molecular formula is C31H40N4O5. The zero-order valence-corrected chi connectivity index (χ0v) is 23.7. The summed E-state index contributed by atoms with van der Waals surface area (Å²) >= 11 is 0. The van der Waals surface area contributed by atoms with Crippen molar-refractivity contribution in [2.75, 3.05) is 6.54 Å². The van der Waals surface area contributed by atoms with E-state index in [0.717, 1.165) is 12.0 Å². The molecule has 0 heterocycles. The number of alkyl carbamates (subject to hydrolysis) is 1. The van der Waals surface area contributed by atoms with Crippen molar-refractivity contribution in [1.29, 1.82) is 0 Å². The van der Waals surface area contributed by atoms with Gasteiger partial charge in [0.2, 0.25) is 17.7 Å². The Morgan fingerprint density at radius 2 is 1.70 bits per heavy atom. The summed E-state index contributed by atoms with van der Waals surface area (Å²) < 4.78 is 5.36. The number of carbonyl (C=O) groups is 4. The van der Waals surface area contributed by atoms with Crippen LogP contribution in [0.1, 0.15) is 76.1 Å². The van der Waals surface area contributed by atoms with Gasteiger partial charge in [0, 0.05) is 25.1 Å². The van der Waals surface area contributed by atoms with Gasteiger partial charge in [0.25, 0.3) is 0 Å². The van der Waals surface area contributed by atoms with Crippen LogP contribution in [0.25, 0.3) is 0 Å². The molecule has 0 fully saturated rings. The molecule has 9 nitrogen and oxygen atoms in total.